The molecule has 1 unspecified atom stereocenters. The van der Waals surface area contributed by atoms with Crippen molar-refractivity contribution in [3.63, 3.8) is 0 Å². The third-order valence-electron chi connectivity index (χ3n) is 9.87. The molecule has 0 saturated carbocycles. The first-order valence-electron chi connectivity index (χ1n) is 17.0. The molecule has 3 heterocycles. The van der Waals surface area contributed by atoms with Gasteiger partial charge < -0.3 is 9.13 Å². The van der Waals surface area contributed by atoms with Crippen molar-refractivity contribution in [2.24, 2.45) is 0 Å². The van der Waals surface area contributed by atoms with Crippen LogP contribution in [0.25, 0.3) is 72.8 Å². The minimum absolute atomic E-state index is 0.607. The van der Waals surface area contributed by atoms with Crippen LogP contribution in [0.5, 0.6) is 0 Å². The topological polar surface area (TPSA) is 60.7 Å². The summed E-state index contributed by atoms with van der Waals surface area (Å²) in [6, 6.07) is 59.4. The van der Waals surface area contributed by atoms with Crippen molar-refractivity contribution in [1.82, 2.24) is 19.5 Å². The summed E-state index contributed by atoms with van der Waals surface area (Å²) >= 11 is 0. The van der Waals surface area contributed by atoms with Crippen LogP contribution < -0.4 is 15.9 Å². The summed E-state index contributed by atoms with van der Waals surface area (Å²) in [6.45, 7) is 0. The van der Waals surface area contributed by atoms with Crippen molar-refractivity contribution in [2.45, 2.75) is 0 Å². The molecule has 9 aromatic rings. The Morgan fingerprint density at radius 2 is 0.961 bits per heavy atom. The number of rotatable bonds is 5. The van der Waals surface area contributed by atoms with E-state index in [0.717, 1.165) is 71.2 Å². The average molecular weight is 673 g/mol. The highest BCUT2D eigenvalue weighted by Crippen LogP contribution is 2.54. The van der Waals surface area contributed by atoms with Gasteiger partial charge in [0.1, 0.15) is 0 Å². The first-order valence-corrected chi connectivity index (χ1v) is 18.7. The molecule has 10 rings (SSSR count). The van der Waals surface area contributed by atoms with Crippen molar-refractivity contribution >= 4 is 44.9 Å². The van der Waals surface area contributed by atoms with Gasteiger partial charge in [-0.05, 0) is 42.0 Å². The van der Waals surface area contributed by atoms with E-state index in [1.165, 1.54) is 0 Å². The maximum absolute atomic E-state index is 15.4. The maximum Gasteiger partial charge on any atom is 0.172 e. The zero-order valence-corrected chi connectivity index (χ0v) is 28.3. The van der Waals surface area contributed by atoms with E-state index in [0.29, 0.717) is 17.5 Å². The summed E-state index contributed by atoms with van der Waals surface area (Å²) in [5, 5.41) is 4.90. The zero-order chi connectivity index (χ0) is 33.9. The van der Waals surface area contributed by atoms with E-state index >= 15 is 4.57 Å². The summed E-state index contributed by atoms with van der Waals surface area (Å²) in [7, 11) is -3.11. The Morgan fingerprint density at radius 1 is 0.431 bits per heavy atom. The molecule has 0 aliphatic carbocycles. The van der Waals surface area contributed by atoms with Crippen LogP contribution in [0.3, 0.4) is 0 Å². The van der Waals surface area contributed by atoms with Gasteiger partial charge in [-0.3, -0.25) is 0 Å². The molecule has 0 bridgehead atoms. The minimum atomic E-state index is -3.11. The number of hydrogen-bond donors (Lipinski definition) is 0. The Morgan fingerprint density at radius 3 is 1.61 bits per heavy atom. The van der Waals surface area contributed by atoms with Gasteiger partial charge in [-0.15, -0.1) is 0 Å². The van der Waals surface area contributed by atoms with E-state index in [2.05, 4.69) is 71.3 Å². The maximum atomic E-state index is 15.4. The van der Waals surface area contributed by atoms with Crippen molar-refractivity contribution in [3.8, 4) is 51.0 Å². The van der Waals surface area contributed by atoms with Crippen LogP contribution in [0.15, 0.2) is 176 Å². The van der Waals surface area contributed by atoms with E-state index in [9.17, 15) is 0 Å². The third-order valence-corrected chi connectivity index (χ3v) is 13.0. The van der Waals surface area contributed by atoms with Crippen molar-refractivity contribution in [2.75, 3.05) is 0 Å². The monoisotopic (exact) mass is 672 g/mol. The lowest BCUT2D eigenvalue weighted by Gasteiger charge is -2.16. The van der Waals surface area contributed by atoms with Gasteiger partial charge >= 0.3 is 0 Å². The molecule has 0 saturated heterocycles. The molecule has 51 heavy (non-hydrogen) atoms. The van der Waals surface area contributed by atoms with Gasteiger partial charge in [-0.1, -0.05) is 140 Å². The predicted molar refractivity (Wildman–Crippen MR) is 209 cm³/mol. The van der Waals surface area contributed by atoms with Crippen molar-refractivity contribution < 1.29 is 4.57 Å². The number of fused-ring (bicyclic) bond motifs is 7. The number of aromatic nitrogens is 4. The normalized spacial score (nSPS) is 14.8. The minimum Gasteiger partial charge on any atom is -0.309 e. The molecule has 6 heteroatoms. The van der Waals surface area contributed by atoms with Gasteiger partial charge in [0.2, 0.25) is 0 Å². The van der Waals surface area contributed by atoms with Gasteiger partial charge in [0, 0.05) is 54.6 Å². The van der Waals surface area contributed by atoms with Crippen LogP contribution in [0.2, 0.25) is 0 Å². The molecule has 0 fully saturated rings. The van der Waals surface area contributed by atoms with Gasteiger partial charge in [0.15, 0.2) is 24.6 Å². The molecular formula is C45H29N4OP. The van der Waals surface area contributed by atoms with E-state index in [-0.39, 0.29) is 0 Å². The van der Waals surface area contributed by atoms with Gasteiger partial charge in [-0.2, -0.15) is 0 Å². The van der Waals surface area contributed by atoms with E-state index in [4.69, 9.17) is 15.0 Å². The lowest BCUT2D eigenvalue weighted by Crippen LogP contribution is -2.20. The molecule has 0 radical (unpaired) electrons. The molecule has 5 nitrogen and oxygen atoms in total. The lowest BCUT2D eigenvalue weighted by molar-refractivity contribution is 0.593. The summed E-state index contributed by atoms with van der Waals surface area (Å²) in [4.78, 5) is 14.8. The second-order valence-corrected chi connectivity index (χ2v) is 15.5. The first kappa shape index (κ1) is 29.5. The summed E-state index contributed by atoms with van der Waals surface area (Å²) in [5.41, 5.74) is 7.96. The van der Waals surface area contributed by atoms with Gasteiger partial charge in [-0.25, -0.2) is 15.0 Å². The van der Waals surface area contributed by atoms with Crippen LogP contribution in [-0.4, -0.2) is 19.5 Å². The lowest BCUT2D eigenvalue weighted by atomic mass is 10.0. The van der Waals surface area contributed by atoms with E-state index < -0.39 is 7.14 Å². The Kier molecular flexibility index (Phi) is 6.70. The molecule has 1 atom stereocenters. The molecule has 0 amide bonds. The smallest absolute Gasteiger partial charge is 0.172 e. The van der Waals surface area contributed by atoms with Crippen molar-refractivity contribution in [1.29, 1.82) is 0 Å². The molecule has 0 spiro atoms. The van der Waals surface area contributed by atoms with E-state index in [1.807, 2.05) is 109 Å². The largest absolute Gasteiger partial charge is 0.309 e. The number of benzene rings is 7. The molecule has 1 aliphatic rings. The Balaban J connectivity index is 1.18. The molecule has 0 N–H and O–H groups in total. The van der Waals surface area contributed by atoms with E-state index in [1.54, 1.807) is 0 Å². The Hall–Kier alpha value is -6.42. The number of hydrogen-bond acceptors (Lipinski definition) is 4. The summed E-state index contributed by atoms with van der Waals surface area (Å²) < 4.78 is 17.7. The molecule has 7 aromatic carbocycles. The second kappa shape index (κ2) is 11.6. The highest BCUT2D eigenvalue weighted by molar-refractivity contribution is 7.86. The molecular weight excluding hydrogens is 643 g/mol. The molecule has 2 aromatic heterocycles. The standard InChI is InChI=1S/C45H29N4OP/c50-51(34-18-8-3-9-19-34)39-23-13-11-21-37(39)41-40(51)29-28-36-35-20-10-12-22-38(35)49(42(36)41)33-26-24-32(25-27-33)45-47-43(30-14-4-1-5-15-30)46-44(48-45)31-16-6-2-7-17-31/h1-29H. The fraction of sp³-hybridized carbons (Fsp3) is 0. The Bertz CT molecular complexity index is 2760. The number of nitrogens with zero attached hydrogens (tertiary/aromatic N) is 4. The quantitative estimate of drug-likeness (QED) is 0.171. The van der Waals surface area contributed by atoms with Crippen LogP contribution >= 0.6 is 7.14 Å². The van der Waals surface area contributed by atoms with Crippen LogP contribution in [-0.2, 0) is 4.57 Å². The second-order valence-electron chi connectivity index (χ2n) is 12.8. The van der Waals surface area contributed by atoms with Crippen LogP contribution in [0.4, 0.5) is 0 Å². The summed E-state index contributed by atoms with van der Waals surface area (Å²) in [6.07, 6.45) is 0. The number of para-hydroxylation sites is 1. The fourth-order valence-corrected chi connectivity index (χ4v) is 10.6. The average Bonchev–Trinajstić information content (AvgIpc) is 3.69. The van der Waals surface area contributed by atoms with Gasteiger partial charge in [0.05, 0.1) is 11.0 Å². The van der Waals surface area contributed by atoms with Crippen LogP contribution in [0, 0.1) is 0 Å². The predicted octanol–water partition coefficient (Wildman–Crippen LogP) is 9.59. The first-order chi connectivity index (χ1) is 25.2. The fourth-order valence-electron chi connectivity index (χ4n) is 7.55. The van der Waals surface area contributed by atoms with Crippen LogP contribution in [0.1, 0.15) is 0 Å². The molecule has 1 aliphatic heterocycles. The zero-order valence-electron chi connectivity index (χ0n) is 27.4. The third kappa shape index (κ3) is 4.56. The van der Waals surface area contributed by atoms with Crippen molar-refractivity contribution in [3.05, 3.63) is 176 Å². The van der Waals surface area contributed by atoms with Gasteiger partial charge in [0.25, 0.3) is 0 Å². The summed E-state index contributed by atoms with van der Waals surface area (Å²) in [5.74, 6) is 1.86. The highest BCUT2D eigenvalue weighted by atomic mass is 31.2. The molecule has 240 valence electrons. The Labute approximate surface area is 294 Å². The SMILES string of the molecule is O=P1(c2ccccc2)c2ccccc2-c2c1ccc1c3ccccc3n(-c3ccc(-c4nc(-c5ccccc5)nc(-c5ccccc5)n4)cc3)c21. The highest BCUT2D eigenvalue weighted by Gasteiger charge is 2.41.